The third-order valence-corrected chi connectivity index (χ3v) is 4.66. The van der Waals surface area contributed by atoms with Gasteiger partial charge in [0.15, 0.2) is 0 Å². The third kappa shape index (κ3) is 4.77. The number of nitrogens with zero attached hydrogens (tertiary/aromatic N) is 1. The van der Waals surface area contributed by atoms with Crippen LogP contribution in [0.4, 0.5) is 0 Å². The molecular weight excluding hydrogens is 292 g/mol. The van der Waals surface area contributed by atoms with Gasteiger partial charge in [-0.2, -0.15) is 0 Å². The summed E-state index contributed by atoms with van der Waals surface area (Å²) in [6.45, 7) is 4.77. The van der Waals surface area contributed by atoms with E-state index in [1.807, 2.05) is 11.0 Å². The molecule has 1 aromatic rings. The largest absolute Gasteiger partial charge is 0.381 e. The van der Waals surface area contributed by atoms with Crippen molar-refractivity contribution in [1.82, 2.24) is 10.2 Å². The van der Waals surface area contributed by atoms with Crippen LogP contribution in [0.5, 0.6) is 0 Å². The number of benzene rings is 1. The molecule has 0 aliphatic carbocycles. The minimum Gasteiger partial charge on any atom is -0.381 e. The summed E-state index contributed by atoms with van der Waals surface area (Å²) in [5.74, 6) is 0.739. The fourth-order valence-corrected chi connectivity index (χ4v) is 3.26. The maximum absolute atomic E-state index is 12.4. The molecule has 1 aromatic carbocycles. The minimum atomic E-state index is 0.164. The fraction of sp³-hybridized carbons (Fsp3) is 0.611. The van der Waals surface area contributed by atoms with Gasteiger partial charge in [-0.25, -0.2) is 0 Å². The van der Waals surface area contributed by atoms with Crippen LogP contribution in [0.25, 0.3) is 0 Å². The standard InChI is InChI=1S/C18H26N2O3/c21-18(20-7-10-22-11-8-20)13-19-17(12-15-6-9-23-14-15)16-4-2-1-3-5-16/h1-5,15,17,19H,6-14H2/t15-,17+/m1/s1. The predicted octanol–water partition coefficient (Wildman–Crippen LogP) is 1.60. The summed E-state index contributed by atoms with van der Waals surface area (Å²) in [7, 11) is 0. The predicted molar refractivity (Wildman–Crippen MR) is 88.1 cm³/mol. The molecule has 1 N–H and O–H groups in total. The molecule has 0 saturated carbocycles. The summed E-state index contributed by atoms with van der Waals surface area (Å²) in [6, 6.07) is 10.6. The number of carbonyl (C=O) groups is 1. The fourth-order valence-electron chi connectivity index (χ4n) is 3.26. The lowest BCUT2D eigenvalue weighted by Gasteiger charge is -2.28. The molecule has 5 heteroatoms. The van der Waals surface area contributed by atoms with Gasteiger partial charge in [-0.3, -0.25) is 4.79 Å². The Morgan fingerprint density at radius 3 is 2.65 bits per heavy atom. The van der Waals surface area contributed by atoms with Crippen molar-refractivity contribution in [2.45, 2.75) is 18.9 Å². The van der Waals surface area contributed by atoms with Crippen molar-refractivity contribution in [3.63, 3.8) is 0 Å². The molecule has 0 unspecified atom stereocenters. The van der Waals surface area contributed by atoms with E-state index < -0.39 is 0 Å². The van der Waals surface area contributed by atoms with Crippen LogP contribution in [0.2, 0.25) is 0 Å². The van der Waals surface area contributed by atoms with Gasteiger partial charge < -0.3 is 19.7 Å². The zero-order valence-electron chi connectivity index (χ0n) is 13.6. The molecule has 2 fully saturated rings. The summed E-state index contributed by atoms with van der Waals surface area (Å²) >= 11 is 0. The van der Waals surface area contributed by atoms with Crippen LogP contribution in [-0.4, -0.2) is 56.9 Å². The second-order valence-corrected chi connectivity index (χ2v) is 6.30. The Balaban J connectivity index is 1.57. The summed E-state index contributed by atoms with van der Waals surface area (Å²) in [6.07, 6.45) is 2.13. The van der Waals surface area contributed by atoms with Crippen molar-refractivity contribution in [1.29, 1.82) is 0 Å². The first-order valence-corrected chi connectivity index (χ1v) is 8.54. The monoisotopic (exact) mass is 318 g/mol. The van der Waals surface area contributed by atoms with E-state index in [4.69, 9.17) is 9.47 Å². The Hall–Kier alpha value is -1.43. The van der Waals surface area contributed by atoms with Gasteiger partial charge in [0.2, 0.25) is 5.91 Å². The van der Waals surface area contributed by atoms with Gasteiger partial charge in [-0.05, 0) is 24.3 Å². The van der Waals surface area contributed by atoms with Gasteiger partial charge in [0.25, 0.3) is 0 Å². The summed E-state index contributed by atoms with van der Waals surface area (Å²) in [4.78, 5) is 14.2. The Kier molecular flexibility index (Phi) is 6.02. The number of amides is 1. The molecule has 3 rings (SSSR count). The van der Waals surface area contributed by atoms with Gasteiger partial charge in [-0.1, -0.05) is 30.3 Å². The average molecular weight is 318 g/mol. The minimum absolute atomic E-state index is 0.164. The van der Waals surface area contributed by atoms with Gasteiger partial charge in [-0.15, -0.1) is 0 Å². The summed E-state index contributed by atoms with van der Waals surface area (Å²) in [5, 5.41) is 3.47. The molecule has 0 spiro atoms. The molecule has 126 valence electrons. The van der Waals surface area contributed by atoms with Crippen molar-refractivity contribution in [2.75, 3.05) is 46.1 Å². The van der Waals surface area contributed by atoms with E-state index >= 15 is 0 Å². The van der Waals surface area contributed by atoms with Crippen molar-refractivity contribution in [3.05, 3.63) is 35.9 Å². The number of hydrogen-bond acceptors (Lipinski definition) is 4. The normalized spacial score (nSPS) is 23.0. The molecule has 2 saturated heterocycles. The Morgan fingerprint density at radius 2 is 1.96 bits per heavy atom. The van der Waals surface area contributed by atoms with Gasteiger partial charge in [0, 0.05) is 32.3 Å². The summed E-state index contributed by atoms with van der Waals surface area (Å²) < 4.78 is 10.8. The number of rotatable bonds is 6. The van der Waals surface area contributed by atoms with Gasteiger partial charge in [0.1, 0.15) is 0 Å². The van der Waals surface area contributed by atoms with Crippen molar-refractivity contribution >= 4 is 5.91 Å². The lowest BCUT2D eigenvalue weighted by Crippen LogP contribution is -2.45. The molecule has 0 bridgehead atoms. The quantitative estimate of drug-likeness (QED) is 0.866. The highest BCUT2D eigenvalue weighted by molar-refractivity contribution is 5.78. The molecule has 5 nitrogen and oxygen atoms in total. The molecule has 2 aliphatic rings. The topological polar surface area (TPSA) is 50.8 Å². The average Bonchev–Trinajstić information content (AvgIpc) is 3.13. The summed E-state index contributed by atoms with van der Waals surface area (Å²) in [5.41, 5.74) is 1.24. The van der Waals surface area contributed by atoms with Crippen LogP contribution >= 0.6 is 0 Å². The van der Waals surface area contributed by atoms with Gasteiger partial charge >= 0.3 is 0 Å². The van der Waals surface area contributed by atoms with Crippen LogP contribution in [0.15, 0.2) is 30.3 Å². The highest BCUT2D eigenvalue weighted by atomic mass is 16.5. The highest BCUT2D eigenvalue weighted by Gasteiger charge is 2.23. The first-order chi connectivity index (χ1) is 11.3. The van der Waals surface area contributed by atoms with E-state index in [1.54, 1.807) is 0 Å². The van der Waals surface area contributed by atoms with Crippen LogP contribution in [0, 0.1) is 5.92 Å². The second kappa shape index (κ2) is 8.43. The zero-order chi connectivity index (χ0) is 15.9. The van der Waals surface area contributed by atoms with Crippen LogP contribution < -0.4 is 5.32 Å². The maximum Gasteiger partial charge on any atom is 0.236 e. The molecule has 0 aromatic heterocycles. The van der Waals surface area contributed by atoms with E-state index in [-0.39, 0.29) is 11.9 Å². The van der Waals surface area contributed by atoms with Gasteiger partial charge in [0.05, 0.1) is 19.8 Å². The Labute approximate surface area is 137 Å². The Morgan fingerprint density at radius 1 is 1.17 bits per heavy atom. The number of ether oxygens (including phenoxy) is 2. The molecular formula is C18H26N2O3. The molecule has 1 amide bonds. The smallest absolute Gasteiger partial charge is 0.236 e. The number of hydrogen-bond donors (Lipinski definition) is 1. The van der Waals surface area contributed by atoms with Crippen LogP contribution in [0.3, 0.4) is 0 Å². The zero-order valence-corrected chi connectivity index (χ0v) is 13.6. The second-order valence-electron chi connectivity index (χ2n) is 6.30. The Bertz CT molecular complexity index is 482. The third-order valence-electron chi connectivity index (χ3n) is 4.66. The molecule has 2 aliphatic heterocycles. The van der Waals surface area contributed by atoms with E-state index in [2.05, 4.69) is 29.6 Å². The highest BCUT2D eigenvalue weighted by Crippen LogP contribution is 2.26. The van der Waals surface area contributed by atoms with Crippen molar-refractivity contribution in [2.24, 2.45) is 5.92 Å². The van der Waals surface area contributed by atoms with E-state index in [0.717, 1.165) is 26.1 Å². The SMILES string of the molecule is O=C(CN[C@@H](C[C@H]1CCOC1)c1ccccc1)N1CCOCC1. The number of morpholine rings is 1. The number of nitrogens with one attached hydrogen (secondary N) is 1. The van der Waals surface area contributed by atoms with E-state index in [9.17, 15) is 4.79 Å². The lowest BCUT2D eigenvalue weighted by atomic mass is 9.94. The first-order valence-electron chi connectivity index (χ1n) is 8.54. The molecule has 23 heavy (non-hydrogen) atoms. The van der Waals surface area contributed by atoms with E-state index in [1.165, 1.54) is 5.56 Å². The number of carbonyl (C=O) groups excluding carboxylic acids is 1. The van der Waals surface area contributed by atoms with Crippen LogP contribution in [0.1, 0.15) is 24.4 Å². The first kappa shape index (κ1) is 16.4. The molecule has 2 heterocycles. The lowest BCUT2D eigenvalue weighted by molar-refractivity contribution is -0.134. The maximum atomic E-state index is 12.4. The van der Waals surface area contributed by atoms with Crippen molar-refractivity contribution in [3.8, 4) is 0 Å². The van der Waals surface area contributed by atoms with Crippen LogP contribution in [-0.2, 0) is 14.3 Å². The molecule has 0 radical (unpaired) electrons. The van der Waals surface area contributed by atoms with E-state index in [0.29, 0.717) is 38.8 Å². The molecule has 2 atom stereocenters. The van der Waals surface area contributed by atoms with Crippen molar-refractivity contribution < 1.29 is 14.3 Å².